The Morgan fingerprint density at radius 2 is 1.75 bits per heavy atom. The summed E-state index contributed by atoms with van der Waals surface area (Å²) in [4.78, 5) is 20.9. The van der Waals surface area contributed by atoms with Gasteiger partial charge in [0.2, 0.25) is 0 Å². The largest absolute Gasteiger partial charge is 0.481 e. The quantitative estimate of drug-likeness (QED) is 0.867. The number of carbonyl (C=O) groups is 2. The zero-order valence-corrected chi connectivity index (χ0v) is 11.5. The Hall–Kier alpha value is -2.36. The number of aromatic carboxylic acids is 1. The molecule has 0 bridgehead atoms. The second-order valence-electron chi connectivity index (χ2n) is 4.88. The van der Waals surface area contributed by atoms with E-state index in [1.54, 1.807) is 43.3 Å². The molecule has 1 aliphatic rings. The first kappa shape index (κ1) is 15.7. The summed E-state index contributed by atoms with van der Waals surface area (Å²) >= 11 is 0. The highest BCUT2D eigenvalue weighted by molar-refractivity contribution is 5.87. The minimum Gasteiger partial charge on any atom is -0.481 e. The van der Waals surface area contributed by atoms with Crippen LogP contribution >= 0.6 is 0 Å². The van der Waals surface area contributed by atoms with Gasteiger partial charge in [-0.05, 0) is 32.4 Å². The third-order valence-corrected chi connectivity index (χ3v) is 3.07. The molecular weight excluding hydrogens is 256 g/mol. The molecule has 1 atom stereocenters. The number of carboxylic acids is 2. The summed E-state index contributed by atoms with van der Waals surface area (Å²) in [5.41, 5.74) is 0.792. The Balaban J connectivity index is 0.000000204. The molecule has 0 radical (unpaired) electrons. The number of aliphatic carboxylic acids is 1. The molecule has 0 saturated carbocycles. The van der Waals surface area contributed by atoms with E-state index in [2.05, 4.69) is 0 Å². The Labute approximate surface area is 118 Å². The van der Waals surface area contributed by atoms with Crippen LogP contribution in [-0.4, -0.2) is 22.2 Å². The molecule has 4 heteroatoms. The zero-order chi connectivity index (χ0) is 15.2. The van der Waals surface area contributed by atoms with Crippen molar-refractivity contribution >= 4 is 11.9 Å². The molecule has 106 valence electrons. The summed E-state index contributed by atoms with van der Waals surface area (Å²) in [7, 11) is 0. The molecule has 1 aromatic rings. The number of allylic oxidation sites excluding steroid dienone is 3. The molecule has 0 aliphatic heterocycles. The van der Waals surface area contributed by atoms with Crippen LogP contribution in [0.3, 0.4) is 0 Å². The van der Waals surface area contributed by atoms with Gasteiger partial charge in [-0.3, -0.25) is 4.79 Å². The van der Waals surface area contributed by atoms with Crippen LogP contribution in [0.15, 0.2) is 54.1 Å². The van der Waals surface area contributed by atoms with Crippen molar-refractivity contribution in [3.05, 3.63) is 59.7 Å². The van der Waals surface area contributed by atoms with E-state index in [4.69, 9.17) is 10.2 Å². The number of rotatable bonds is 2. The van der Waals surface area contributed by atoms with E-state index >= 15 is 0 Å². The van der Waals surface area contributed by atoms with Gasteiger partial charge in [0.15, 0.2) is 0 Å². The van der Waals surface area contributed by atoms with Gasteiger partial charge in [0, 0.05) is 0 Å². The summed E-state index contributed by atoms with van der Waals surface area (Å²) in [5.74, 6) is -1.63. The molecular formula is C16H18O4. The van der Waals surface area contributed by atoms with Crippen molar-refractivity contribution in [2.24, 2.45) is 5.41 Å². The zero-order valence-electron chi connectivity index (χ0n) is 11.5. The van der Waals surface area contributed by atoms with Crippen molar-refractivity contribution in [2.45, 2.75) is 20.3 Å². The fourth-order valence-corrected chi connectivity index (χ4v) is 1.56. The molecule has 0 heterocycles. The van der Waals surface area contributed by atoms with Crippen LogP contribution < -0.4 is 0 Å². The highest BCUT2D eigenvalue weighted by atomic mass is 16.4. The highest BCUT2D eigenvalue weighted by Crippen LogP contribution is 2.29. The molecule has 1 aromatic carbocycles. The van der Waals surface area contributed by atoms with E-state index < -0.39 is 17.4 Å². The van der Waals surface area contributed by atoms with Crippen LogP contribution in [0.2, 0.25) is 0 Å². The molecule has 2 N–H and O–H groups in total. The lowest BCUT2D eigenvalue weighted by molar-refractivity contribution is -0.145. The Kier molecular flexibility index (Phi) is 5.26. The monoisotopic (exact) mass is 274 g/mol. The molecule has 0 saturated heterocycles. The molecule has 0 aromatic heterocycles. The molecule has 4 nitrogen and oxygen atoms in total. The van der Waals surface area contributed by atoms with Crippen LogP contribution in [-0.2, 0) is 4.79 Å². The first-order chi connectivity index (χ1) is 9.35. The highest BCUT2D eigenvalue weighted by Gasteiger charge is 2.30. The van der Waals surface area contributed by atoms with Crippen molar-refractivity contribution in [2.75, 3.05) is 0 Å². The maximum atomic E-state index is 10.7. The summed E-state index contributed by atoms with van der Waals surface area (Å²) in [6.07, 6.45) is 6.17. The third-order valence-electron chi connectivity index (χ3n) is 3.07. The maximum absolute atomic E-state index is 10.7. The van der Waals surface area contributed by atoms with Gasteiger partial charge >= 0.3 is 11.9 Å². The lowest BCUT2D eigenvalue weighted by atomic mass is 9.82. The summed E-state index contributed by atoms with van der Waals surface area (Å²) in [5, 5.41) is 17.2. The normalized spacial score (nSPS) is 20.4. The van der Waals surface area contributed by atoms with Crippen LogP contribution in [0, 0.1) is 5.41 Å². The standard InChI is InChI=1S/C9H12O2.C7H6O2/c1-7-3-5-9(2,6-4-7)8(10)11;8-7(9)6-4-2-1-3-5-6/h3-5H,6H2,1-2H3,(H,10,11);1-5H,(H,8,9). The van der Waals surface area contributed by atoms with Gasteiger partial charge < -0.3 is 10.2 Å². The molecule has 1 unspecified atom stereocenters. The summed E-state index contributed by atoms with van der Waals surface area (Å²) in [6.45, 7) is 3.70. The number of carboxylic acid groups (broad SMARTS) is 2. The summed E-state index contributed by atoms with van der Waals surface area (Å²) < 4.78 is 0. The van der Waals surface area contributed by atoms with Gasteiger partial charge in [-0.1, -0.05) is 42.0 Å². The Bertz CT molecular complexity index is 543. The predicted molar refractivity (Wildman–Crippen MR) is 76.7 cm³/mol. The van der Waals surface area contributed by atoms with Gasteiger partial charge in [0.1, 0.15) is 0 Å². The van der Waals surface area contributed by atoms with E-state index in [-0.39, 0.29) is 0 Å². The van der Waals surface area contributed by atoms with Crippen LogP contribution in [0.1, 0.15) is 30.6 Å². The van der Waals surface area contributed by atoms with E-state index in [0.717, 1.165) is 5.57 Å². The first-order valence-corrected chi connectivity index (χ1v) is 6.23. The number of hydrogen-bond acceptors (Lipinski definition) is 2. The van der Waals surface area contributed by atoms with Gasteiger partial charge in [-0.2, -0.15) is 0 Å². The third kappa shape index (κ3) is 4.39. The van der Waals surface area contributed by atoms with Crippen molar-refractivity contribution in [3.63, 3.8) is 0 Å². The van der Waals surface area contributed by atoms with E-state index in [0.29, 0.717) is 12.0 Å². The lowest BCUT2D eigenvalue weighted by Crippen LogP contribution is -2.25. The second-order valence-corrected chi connectivity index (χ2v) is 4.88. The van der Waals surface area contributed by atoms with Crippen molar-refractivity contribution < 1.29 is 19.8 Å². The molecule has 0 fully saturated rings. The molecule has 2 rings (SSSR count). The van der Waals surface area contributed by atoms with Gasteiger partial charge in [0.05, 0.1) is 11.0 Å². The minimum absolute atomic E-state index is 0.331. The minimum atomic E-state index is -0.879. The fourth-order valence-electron chi connectivity index (χ4n) is 1.56. The van der Waals surface area contributed by atoms with Gasteiger partial charge in [0.25, 0.3) is 0 Å². The van der Waals surface area contributed by atoms with Crippen molar-refractivity contribution in [3.8, 4) is 0 Å². The fraction of sp³-hybridized carbons (Fsp3) is 0.250. The average Bonchev–Trinajstić information content (AvgIpc) is 2.44. The predicted octanol–water partition coefficient (Wildman–Crippen LogP) is 3.37. The number of hydrogen-bond donors (Lipinski definition) is 2. The van der Waals surface area contributed by atoms with Crippen molar-refractivity contribution in [1.82, 2.24) is 0 Å². The van der Waals surface area contributed by atoms with E-state index in [1.807, 2.05) is 19.1 Å². The molecule has 0 spiro atoms. The van der Waals surface area contributed by atoms with Crippen LogP contribution in [0.5, 0.6) is 0 Å². The number of benzene rings is 1. The smallest absolute Gasteiger partial charge is 0.335 e. The average molecular weight is 274 g/mol. The maximum Gasteiger partial charge on any atom is 0.335 e. The Morgan fingerprint density at radius 1 is 1.15 bits per heavy atom. The molecule has 20 heavy (non-hydrogen) atoms. The van der Waals surface area contributed by atoms with Crippen LogP contribution in [0.4, 0.5) is 0 Å². The van der Waals surface area contributed by atoms with E-state index in [9.17, 15) is 9.59 Å². The van der Waals surface area contributed by atoms with Crippen molar-refractivity contribution in [1.29, 1.82) is 0 Å². The Morgan fingerprint density at radius 3 is 2.10 bits per heavy atom. The van der Waals surface area contributed by atoms with Crippen LogP contribution in [0.25, 0.3) is 0 Å². The summed E-state index contributed by atoms with van der Waals surface area (Å²) in [6, 6.07) is 8.30. The van der Waals surface area contributed by atoms with E-state index in [1.165, 1.54) is 0 Å². The lowest BCUT2D eigenvalue weighted by Gasteiger charge is -2.21. The molecule has 0 amide bonds. The SMILES string of the molecule is CC1=CCC(C)(C(=O)O)C=C1.O=C(O)c1ccccc1. The second kappa shape index (κ2) is 6.70. The van der Waals surface area contributed by atoms with Gasteiger partial charge in [-0.15, -0.1) is 0 Å². The topological polar surface area (TPSA) is 74.6 Å². The molecule has 1 aliphatic carbocycles. The first-order valence-electron chi connectivity index (χ1n) is 6.23. The van der Waals surface area contributed by atoms with Gasteiger partial charge in [-0.25, -0.2) is 4.79 Å².